The molecule has 1 aliphatic heterocycles. The summed E-state index contributed by atoms with van der Waals surface area (Å²) in [5.41, 5.74) is 0. The average molecular weight is 349 g/mol. The number of β-amino-alcohol motifs (C(OH)–C–C–N with tert-alkyl or cyclic N) is 1. The van der Waals surface area contributed by atoms with Crippen LogP contribution < -0.4 is 10.6 Å². The SMILES string of the molecule is O=C(CN1CC(O)CC1C1CCCCC1)NC(=O)NCc1ccco1. The summed E-state index contributed by atoms with van der Waals surface area (Å²) >= 11 is 0. The number of nitrogens with zero attached hydrogens (tertiary/aromatic N) is 1. The molecule has 1 aromatic heterocycles. The molecule has 2 heterocycles. The van der Waals surface area contributed by atoms with Crippen molar-refractivity contribution in [3.8, 4) is 0 Å². The van der Waals surface area contributed by atoms with Crippen LogP contribution in [0.25, 0.3) is 0 Å². The van der Waals surface area contributed by atoms with Gasteiger partial charge in [0, 0.05) is 12.6 Å². The van der Waals surface area contributed by atoms with Crippen LogP contribution in [0.1, 0.15) is 44.3 Å². The first kappa shape index (κ1) is 17.9. The molecule has 3 amide bonds. The third kappa shape index (κ3) is 5.06. The van der Waals surface area contributed by atoms with Gasteiger partial charge in [0.2, 0.25) is 5.91 Å². The number of urea groups is 1. The fourth-order valence-corrected chi connectivity index (χ4v) is 4.08. The maximum absolute atomic E-state index is 12.2. The Morgan fingerprint density at radius 2 is 2.08 bits per heavy atom. The molecule has 0 radical (unpaired) electrons. The molecule has 3 rings (SSSR count). The van der Waals surface area contributed by atoms with Crippen molar-refractivity contribution in [2.75, 3.05) is 13.1 Å². The van der Waals surface area contributed by atoms with Crippen molar-refractivity contribution in [3.63, 3.8) is 0 Å². The van der Waals surface area contributed by atoms with E-state index in [1.165, 1.54) is 38.4 Å². The number of aliphatic hydroxyl groups excluding tert-OH is 1. The highest BCUT2D eigenvalue weighted by molar-refractivity contribution is 5.95. The maximum Gasteiger partial charge on any atom is 0.321 e. The summed E-state index contributed by atoms with van der Waals surface area (Å²) in [6, 6.07) is 3.20. The maximum atomic E-state index is 12.2. The van der Waals surface area contributed by atoms with Crippen LogP contribution in [0.5, 0.6) is 0 Å². The molecular weight excluding hydrogens is 322 g/mol. The van der Waals surface area contributed by atoms with Crippen molar-refractivity contribution in [3.05, 3.63) is 24.2 Å². The monoisotopic (exact) mass is 349 g/mol. The Morgan fingerprint density at radius 3 is 2.80 bits per heavy atom. The number of carbonyl (C=O) groups is 2. The van der Waals surface area contributed by atoms with Gasteiger partial charge in [-0.25, -0.2) is 4.79 Å². The molecule has 3 N–H and O–H groups in total. The summed E-state index contributed by atoms with van der Waals surface area (Å²) in [5.74, 6) is 0.834. The molecule has 7 nitrogen and oxygen atoms in total. The van der Waals surface area contributed by atoms with E-state index >= 15 is 0 Å². The van der Waals surface area contributed by atoms with E-state index in [4.69, 9.17) is 4.42 Å². The van der Waals surface area contributed by atoms with Crippen LogP contribution in [0.2, 0.25) is 0 Å². The Balaban J connectivity index is 1.46. The summed E-state index contributed by atoms with van der Waals surface area (Å²) in [6.45, 7) is 0.883. The van der Waals surface area contributed by atoms with Crippen molar-refractivity contribution < 1.29 is 19.1 Å². The van der Waals surface area contributed by atoms with E-state index in [2.05, 4.69) is 10.6 Å². The Kier molecular flexibility index (Phi) is 6.09. The normalized spacial score (nSPS) is 25.0. The van der Waals surface area contributed by atoms with Gasteiger partial charge < -0.3 is 14.8 Å². The highest BCUT2D eigenvalue weighted by atomic mass is 16.3. The van der Waals surface area contributed by atoms with Crippen LogP contribution in [0, 0.1) is 5.92 Å². The lowest BCUT2D eigenvalue weighted by Crippen LogP contribution is -2.47. The molecule has 0 spiro atoms. The summed E-state index contributed by atoms with van der Waals surface area (Å²) < 4.78 is 5.13. The van der Waals surface area contributed by atoms with Gasteiger partial charge in [-0.3, -0.25) is 15.0 Å². The fraction of sp³-hybridized carbons (Fsp3) is 0.667. The minimum absolute atomic E-state index is 0.145. The predicted molar refractivity (Wildman–Crippen MR) is 91.6 cm³/mol. The molecule has 2 aliphatic rings. The van der Waals surface area contributed by atoms with E-state index < -0.39 is 6.03 Å². The van der Waals surface area contributed by atoms with E-state index in [1.54, 1.807) is 12.1 Å². The van der Waals surface area contributed by atoms with Crippen LogP contribution in [0.4, 0.5) is 4.79 Å². The topological polar surface area (TPSA) is 94.8 Å². The van der Waals surface area contributed by atoms with Gasteiger partial charge in [0.05, 0.1) is 25.5 Å². The second-order valence-corrected chi connectivity index (χ2v) is 7.09. The van der Waals surface area contributed by atoms with E-state index in [9.17, 15) is 14.7 Å². The average Bonchev–Trinajstić information content (AvgIpc) is 3.23. The molecule has 0 bridgehead atoms. The van der Waals surface area contributed by atoms with Gasteiger partial charge in [-0.15, -0.1) is 0 Å². The van der Waals surface area contributed by atoms with Crippen molar-refractivity contribution in [2.24, 2.45) is 5.92 Å². The summed E-state index contributed by atoms with van der Waals surface area (Å²) in [5, 5.41) is 15.0. The van der Waals surface area contributed by atoms with Gasteiger partial charge >= 0.3 is 6.03 Å². The minimum Gasteiger partial charge on any atom is -0.467 e. The highest BCUT2D eigenvalue weighted by Gasteiger charge is 2.37. The molecule has 1 aromatic rings. The largest absolute Gasteiger partial charge is 0.467 e. The molecule has 7 heteroatoms. The van der Waals surface area contributed by atoms with E-state index in [0.29, 0.717) is 18.2 Å². The van der Waals surface area contributed by atoms with Crippen LogP contribution in [0.3, 0.4) is 0 Å². The van der Waals surface area contributed by atoms with Crippen LogP contribution in [0.15, 0.2) is 22.8 Å². The van der Waals surface area contributed by atoms with Crippen molar-refractivity contribution in [1.29, 1.82) is 0 Å². The summed E-state index contributed by atoms with van der Waals surface area (Å²) in [7, 11) is 0. The summed E-state index contributed by atoms with van der Waals surface area (Å²) in [4.78, 5) is 26.0. The standard InChI is InChI=1S/C18H27N3O4/c22-14-9-16(13-5-2-1-3-6-13)21(11-14)12-17(23)20-18(24)19-10-15-7-4-8-25-15/h4,7-8,13-14,16,22H,1-3,5-6,9-12H2,(H2,19,20,23,24). The number of aliphatic hydroxyl groups is 1. The van der Waals surface area contributed by atoms with Gasteiger partial charge in [0.1, 0.15) is 5.76 Å². The number of amides is 3. The Morgan fingerprint density at radius 1 is 1.28 bits per heavy atom. The highest BCUT2D eigenvalue weighted by Crippen LogP contribution is 2.34. The molecule has 1 aliphatic carbocycles. The van der Waals surface area contributed by atoms with E-state index in [-0.39, 0.29) is 31.1 Å². The number of likely N-dealkylation sites (tertiary alicyclic amines) is 1. The Hall–Kier alpha value is -1.86. The van der Waals surface area contributed by atoms with Crippen molar-refractivity contribution >= 4 is 11.9 Å². The number of hydrogen-bond acceptors (Lipinski definition) is 5. The lowest BCUT2D eigenvalue weighted by molar-refractivity contribution is -0.121. The van der Waals surface area contributed by atoms with Gasteiger partial charge in [0.25, 0.3) is 0 Å². The predicted octanol–water partition coefficient (Wildman–Crippen LogP) is 1.62. The molecule has 138 valence electrons. The van der Waals surface area contributed by atoms with E-state index in [0.717, 1.165) is 6.42 Å². The third-order valence-electron chi connectivity index (χ3n) is 5.22. The second-order valence-electron chi connectivity index (χ2n) is 7.09. The first-order valence-electron chi connectivity index (χ1n) is 9.14. The zero-order valence-electron chi connectivity index (χ0n) is 14.4. The number of rotatable bonds is 5. The van der Waals surface area contributed by atoms with Crippen molar-refractivity contribution in [1.82, 2.24) is 15.5 Å². The number of hydrogen-bond donors (Lipinski definition) is 3. The van der Waals surface area contributed by atoms with Gasteiger partial charge in [-0.2, -0.15) is 0 Å². The minimum atomic E-state index is -0.532. The molecule has 2 atom stereocenters. The molecule has 0 aromatic carbocycles. The van der Waals surface area contributed by atoms with Crippen LogP contribution >= 0.6 is 0 Å². The Bertz CT molecular complexity index is 569. The number of nitrogens with one attached hydrogen (secondary N) is 2. The number of furan rings is 1. The number of imide groups is 1. The van der Waals surface area contributed by atoms with Crippen LogP contribution in [-0.4, -0.2) is 47.2 Å². The fourth-order valence-electron chi connectivity index (χ4n) is 4.08. The second kappa shape index (κ2) is 8.49. The molecule has 1 saturated heterocycles. The lowest BCUT2D eigenvalue weighted by atomic mass is 9.83. The first-order chi connectivity index (χ1) is 12.1. The van der Waals surface area contributed by atoms with Gasteiger partial charge in [-0.1, -0.05) is 19.3 Å². The van der Waals surface area contributed by atoms with E-state index in [1.807, 2.05) is 4.90 Å². The molecule has 2 unspecified atom stereocenters. The first-order valence-corrected chi connectivity index (χ1v) is 9.14. The number of carbonyl (C=O) groups excluding carboxylic acids is 2. The van der Waals surface area contributed by atoms with Crippen LogP contribution in [-0.2, 0) is 11.3 Å². The lowest BCUT2D eigenvalue weighted by Gasteiger charge is -2.33. The molecular formula is C18H27N3O4. The van der Waals surface area contributed by atoms with Gasteiger partial charge in [-0.05, 0) is 37.3 Å². The zero-order valence-corrected chi connectivity index (χ0v) is 14.4. The third-order valence-corrected chi connectivity index (χ3v) is 5.22. The molecule has 1 saturated carbocycles. The smallest absolute Gasteiger partial charge is 0.321 e. The zero-order chi connectivity index (χ0) is 17.6. The molecule has 2 fully saturated rings. The quantitative estimate of drug-likeness (QED) is 0.751. The molecule has 25 heavy (non-hydrogen) atoms. The van der Waals surface area contributed by atoms with Crippen molar-refractivity contribution in [2.45, 2.75) is 57.2 Å². The summed E-state index contributed by atoms with van der Waals surface area (Å²) in [6.07, 6.45) is 7.94. The Labute approximate surface area is 147 Å². The van der Waals surface area contributed by atoms with Gasteiger partial charge in [0.15, 0.2) is 0 Å².